The van der Waals surface area contributed by atoms with Gasteiger partial charge in [0.1, 0.15) is 4.90 Å². The van der Waals surface area contributed by atoms with Crippen LogP contribution < -0.4 is 4.72 Å². The summed E-state index contributed by atoms with van der Waals surface area (Å²) in [6.07, 6.45) is 0.307. The smallest absolute Gasteiger partial charge is 0.244 e. The van der Waals surface area contributed by atoms with Crippen molar-refractivity contribution in [2.45, 2.75) is 31.2 Å². The molecule has 0 aliphatic heterocycles. The Morgan fingerprint density at radius 3 is 2.41 bits per heavy atom. The van der Waals surface area contributed by atoms with E-state index in [0.717, 1.165) is 5.56 Å². The summed E-state index contributed by atoms with van der Waals surface area (Å²) in [6, 6.07) is 8.75. The summed E-state index contributed by atoms with van der Waals surface area (Å²) in [5.74, 6) is 0. The molecule has 2 N–H and O–H groups in total. The summed E-state index contributed by atoms with van der Waals surface area (Å²) < 4.78 is 29.6. The Balaban J connectivity index is 2.37. The molecule has 0 bridgehead atoms. The number of nitrogens with one attached hydrogen (secondary N) is 1. The predicted molar refractivity (Wildman–Crippen MR) is 83.9 cm³/mol. The zero-order valence-corrected chi connectivity index (χ0v) is 13.8. The van der Waals surface area contributed by atoms with Gasteiger partial charge in [0.15, 0.2) is 0 Å². The van der Waals surface area contributed by atoms with Crippen LogP contribution in [0.5, 0.6) is 0 Å². The second-order valence-corrected chi connectivity index (χ2v) is 6.87. The van der Waals surface area contributed by atoms with Crippen LogP contribution in [0.1, 0.15) is 29.4 Å². The number of hydrogen-bond donors (Lipinski definition) is 2. The number of rotatable bonds is 6. The van der Waals surface area contributed by atoms with Crippen molar-refractivity contribution < 1.29 is 13.5 Å². The van der Waals surface area contributed by atoms with Crippen molar-refractivity contribution in [3.63, 3.8) is 0 Å². The highest BCUT2D eigenvalue weighted by molar-refractivity contribution is 7.89. The Morgan fingerprint density at radius 2 is 1.91 bits per heavy atom. The van der Waals surface area contributed by atoms with E-state index in [9.17, 15) is 13.5 Å². The Kier molecular flexibility index (Phi) is 5.00. The van der Waals surface area contributed by atoms with Crippen LogP contribution in [0.4, 0.5) is 0 Å². The van der Waals surface area contributed by atoms with Crippen LogP contribution >= 0.6 is 0 Å². The third-order valence-corrected chi connectivity index (χ3v) is 5.35. The van der Waals surface area contributed by atoms with E-state index >= 15 is 0 Å². The lowest BCUT2D eigenvalue weighted by Crippen LogP contribution is -2.30. The largest absolute Gasteiger partial charge is 0.396 e. The maximum Gasteiger partial charge on any atom is 0.244 e. The highest BCUT2D eigenvalue weighted by atomic mass is 32.2. The minimum atomic E-state index is -3.71. The number of aliphatic hydroxyl groups is 1. The van der Waals surface area contributed by atoms with Crippen LogP contribution in [0, 0.1) is 13.8 Å². The van der Waals surface area contributed by atoms with Crippen LogP contribution in [-0.2, 0) is 17.1 Å². The molecule has 0 radical (unpaired) electrons. The lowest BCUT2D eigenvalue weighted by molar-refractivity contribution is 0.272. The first kappa shape index (κ1) is 16.7. The third-order valence-electron chi connectivity index (χ3n) is 3.63. The second kappa shape index (κ2) is 6.60. The van der Waals surface area contributed by atoms with Gasteiger partial charge in [-0.3, -0.25) is 4.68 Å². The van der Waals surface area contributed by atoms with Crippen molar-refractivity contribution in [1.82, 2.24) is 14.5 Å². The molecule has 2 aromatic rings. The van der Waals surface area contributed by atoms with Gasteiger partial charge in [-0.15, -0.1) is 0 Å². The van der Waals surface area contributed by atoms with Crippen molar-refractivity contribution in [2.24, 2.45) is 7.05 Å². The molecule has 22 heavy (non-hydrogen) atoms. The van der Waals surface area contributed by atoms with Gasteiger partial charge in [0.05, 0.1) is 11.4 Å². The van der Waals surface area contributed by atoms with Crippen molar-refractivity contribution in [1.29, 1.82) is 0 Å². The zero-order chi connectivity index (χ0) is 16.3. The van der Waals surface area contributed by atoms with Crippen LogP contribution in [0.3, 0.4) is 0 Å². The molecule has 0 saturated heterocycles. The standard InChI is InChI=1S/C15H21N3O3S/c1-11-15(12(2)18(3)16-11)22(20,21)17-14(9-10-19)13-7-5-4-6-8-13/h4-8,14,17,19H,9-10H2,1-3H3/t14-/m1/s1. The van der Waals surface area contributed by atoms with Gasteiger partial charge in [-0.25, -0.2) is 13.1 Å². The molecule has 0 aliphatic rings. The average molecular weight is 323 g/mol. The average Bonchev–Trinajstić information content (AvgIpc) is 2.73. The molecule has 1 atom stereocenters. The molecule has 0 unspecified atom stereocenters. The van der Waals surface area contributed by atoms with E-state index < -0.39 is 16.1 Å². The summed E-state index contributed by atoms with van der Waals surface area (Å²) >= 11 is 0. The summed E-state index contributed by atoms with van der Waals surface area (Å²) in [5.41, 5.74) is 1.86. The third kappa shape index (κ3) is 3.37. The second-order valence-electron chi connectivity index (χ2n) is 5.22. The van der Waals surface area contributed by atoms with Crippen molar-refractivity contribution >= 4 is 10.0 Å². The van der Waals surface area contributed by atoms with Crippen molar-refractivity contribution in [3.05, 3.63) is 47.3 Å². The molecular weight excluding hydrogens is 302 g/mol. The molecular formula is C15H21N3O3S. The quantitative estimate of drug-likeness (QED) is 0.842. The lowest BCUT2D eigenvalue weighted by Gasteiger charge is -2.18. The van der Waals surface area contributed by atoms with Crippen molar-refractivity contribution in [2.75, 3.05) is 6.61 Å². The fourth-order valence-corrected chi connectivity index (χ4v) is 4.19. The van der Waals surface area contributed by atoms with Crippen LogP contribution in [-0.4, -0.2) is 29.9 Å². The highest BCUT2D eigenvalue weighted by Gasteiger charge is 2.27. The van der Waals surface area contributed by atoms with Gasteiger partial charge in [-0.1, -0.05) is 30.3 Å². The molecule has 1 aromatic carbocycles. The molecule has 1 heterocycles. The normalized spacial score (nSPS) is 13.3. The number of hydrogen-bond acceptors (Lipinski definition) is 4. The van der Waals surface area contributed by atoms with Gasteiger partial charge in [0, 0.05) is 19.7 Å². The minimum Gasteiger partial charge on any atom is -0.396 e. The predicted octanol–water partition coefficient (Wildman–Crippen LogP) is 1.44. The van der Waals surface area contributed by atoms with Gasteiger partial charge in [0.2, 0.25) is 10.0 Å². The van der Waals surface area contributed by atoms with Gasteiger partial charge in [-0.05, 0) is 25.8 Å². The zero-order valence-electron chi connectivity index (χ0n) is 12.9. The van der Waals surface area contributed by atoms with E-state index in [2.05, 4.69) is 9.82 Å². The number of aromatic nitrogens is 2. The van der Waals surface area contributed by atoms with E-state index in [-0.39, 0.29) is 11.5 Å². The number of nitrogens with zero attached hydrogens (tertiary/aromatic N) is 2. The molecule has 0 spiro atoms. The molecule has 1 aromatic heterocycles. The number of aryl methyl sites for hydroxylation is 2. The van der Waals surface area contributed by atoms with Gasteiger partial charge < -0.3 is 5.11 Å². The van der Waals surface area contributed by atoms with Crippen LogP contribution in [0.2, 0.25) is 0 Å². The van der Waals surface area contributed by atoms with Crippen molar-refractivity contribution in [3.8, 4) is 0 Å². The summed E-state index contributed by atoms with van der Waals surface area (Å²) in [5, 5.41) is 13.4. The van der Waals surface area contributed by atoms with E-state index in [0.29, 0.717) is 17.8 Å². The van der Waals surface area contributed by atoms with E-state index in [1.807, 2.05) is 30.3 Å². The SMILES string of the molecule is Cc1nn(C)c(C)c1S(=O)(=O)N[C@H](CCO)c1ccccc1. The Hall–Kier alpha value is -1.70. The Labute approximate surface area is 130 Å². The van der Waals surface area contributed by atoms with Gasteiger partial charge in [-0.2, -0.15) is 5.10 Å². The molecule has 0 aliphatic carbocycles. The molecule has 2 rings (SSSR count). The number of sulfonamides is 1. The maximum atomic E-state index is 12.7. The fourth-order valence-electron chi connectivity index (χ4n) is 2.50. The molecule has 6 nitrogen and oxygen atoms in total. The molecule has 0 amide bonds. The van der Waals surface area contributed by atoms with E-state index in [1.54, 1.807) is 25.6 Å². The molecule has 0 saturated carbocycles. The van der Waals surface area contributed by atoms with Crippen LogP contribution in [0.15, 0.2) is 35.2 Å². The van der Waals surface area contributed by atoms with Crippen LogP contribution in [0.25, 0.3) is 0 Å². The van der Waals surface area contributed by atoms with Gasteiger partial charge in [0.25, 0.3) is 0 Å². The number of aliphatic hydroxyl groups excluding tert-OH is 1. The fraction of sp³-hybridized carbons (Fsp3) is 0.400. The summed E-state index contributed by atoms with van der Waals surface area (Å²) in [4.78, 5) is 0.203. The topological polar surface area (TPSA) is 84.2 Å². The summed E-state index contributed by atoms with van der Waals surface area (Å²) in [7, 11) is -2.00. The summed E-state index contributed by atoms with van der Waals surface area (Å²) in [6.45, 7) is 3.29. The maximum absolute atomic E-state index is 12.7. The van der Waals surface area contributed by atoms with Gasteiger partial charge >= 0.3 is 0 Å². The Bertz CT molecular complexity index is 739. The Morgan fingerprint density at radius 1 is 1.27 bits per heavy atom. The first-order valence-corrected chi connectivity index (χ1v) is 8.53. The molecule has 0 fully saturated rings. The monoisotopic (exact) mass is 323 g/mol. The first-order valence-electron chi connectivity index (χ1n) is 7.05. The lowest BCUT2D eigenvalue weighted by atomic mass is 10.1. The number of benzene rings is 1. The molecule has 7 heteroatoms. The van der Waals surface area contributed by atoms with E-state index in [1.165, 1.54) is 0 Å². The highest BCUT2D eigenvalue weighted by Crippen LogP contribution is 2.23. The molecule has 120 valence electrons. The first-order chi connectivity index (χ1) is 10.4. The van der Waals surface area contributed by atoms with E-state index in [4.69, 9.17) is 0 Å². The minimum absolute atomic E-state index is 0.104.